The quantitative estimate of drug-likeness (QED) is 0.125. The van der Waals surface area contributed by atoms with Crippen LogP contribution in [0.2, 0.25) is 0 Å². The summed E-state index contributed by atoms with van der Waals surface area (Å²) in [6, 6.07) is 34.8. The predicted molar refractivity (Wildman–Crippen MR) is 174 cm³/mol. The van der Waals surface area contributed by atoms with Gasteiger partial charge in [-0.15, -0.1) is 0 Å². The van der Waals surface area contributed by atoms with Crippen LogP contribution in [0.25, 0.3) is 0 Å². The number of phenols is 1. The van der Waals surface area contributed by atoms with Gasteiger partial charge in [-0.05, 0) is 66.5 Å². The van der Waals surface area contributed by atoms with Gasteiger partial charge in [0.1, 0.15) is 5.75 Å². The highest BCUT2D eigenvalue weighted by Gasteiger charge is 2.35. The van der Waals surface area contributed by atoms with Crippen molar-refractivity contribution >= 4 is 13.9 Å². The normalized spacial score (nSPS) is 13.2. The van der Waals surface area contributed by atoms with E-state index >= 15 is 0 Å². The van der Waals surface area contributed by atoms with E-state index in [1.54, 1.807) is 0 Å². The van der Waals surface area contributed by atoms with E-state index in [1.807, 2.05) is 0 Å². The van der Waals surface area contributed by atoms with Gasteiger partial charge >= 0.3 is 0 Å². The Labute approximate surface area is 244 Å². The molecule has 0 aliphatic carbocycles. The van der Waals surface area contributed by atoms with Gasteiger partial charge in [0, 0.05) is 23.7 Å². The fourth-order valence-electron chi connectivity index (χ4n) is 5.78. The number of phenolic OH excluding ortho intramolecular Hbond substituents is 1. The van der Waals surface area contributed by atoms with E-state index < -0.39 is 0 Å². The van der Waals surface area contributed by atoms with E-state index in [-0.39, 0.29) is 5.16 Å². The summed E-state index contributed by atoms with van der Waals surface area (Å²) in [6.45, 7) is 5.53. The smallest absolute Gasteiger partial charge is 0.123 e. The zero-order valence-corrected chi connectivity index (χ0v) is 25.8. The average molecular weight is 552 g/mol. The fraction of sp³-hybridized carbons (Fsp3) is 0.351. The molecule has 0 amide bonds. The second-order valence-electron chi connectivity index (χ2n) is 11.4. The van der Waals surface area contributed by atoms with Gasteiger partial charge in [-0.2, -0.15) is 0 Å². The molecule has 0 radical (unpaired) electrons. The maximum atomic E-state index is 12.1. The third-order valence-electron chi connectivity index (χ3n) is 7.94. The first kappa shape index (κ1) is 30.0. The van der Waals surface area contributed by atoms with E-state index in [4.69, 9.17) is 0 Å². The molecule has 2 nitrogen and oxygen atoms in total. The zero-order valence-electron chi connectivity index (χ0n) is 24.8. The van der Waals surface area contributed by atoms with E-state index in [2.05, 4.69) is 130 Å². The molecular weight excluding hydrogens is 505 g/mol. The molecule has 0 spiro atoms. The summed E-state index contributed by atoms with van der Waals surface area (Å²) in [4.78, 5) is 2.25. The zero-order chi connectivity index (χ0) is 28.4. The lowest BCUT2D eigenvalue weighted by Gasteiger charge is -2.36. The number of nitrogens with zero attached hydrogens (tertiary/aromatic N) is 1. The Kier molecular flexibility index (Phi) is 11.0. The second-order valence-corrected chi connectivity index (χ2v) is 13.1. The van der Waals surface area contributed by atoms with Gasteiger partial charge in [0.05, 0.1) is 0 Å². The molecule has 1 N–H and O–H groups in total. The first-order valence-electron chi connectivity index (χ1n) is 14.9. The minimum atomic E-state index is -0.111. The molecule has 0 aliphatic rings. The summed E-state index contributed by atoms with van der Waals surface area (Å²) in [7, 11) is 4.87. The second kappa shape index (κ2) is 14.6. The van der Waals surface area contributed by atoms with Crippen LogP contribution < -0.4 is 5.30 Å². The Morgan fingerprint density at radius 1 is 0.700 bits per heavy atom. The van der Waals surface area contributed by atoms with Crippen LogP contribution in [0.15, 0.2) is 97.1 Å². The molecule has 0 saturated heterocycles. The number of unbranched alkanes of at least 4 members (excludes halogenated alkanes) is 2. The minimum Gasteiger partial charge on any atom is -0.507 e. The molecule has 4 rings (SSSR count). The largest absolute Gasteiger partial charge is 0.507 e. The van der Waals surface area contributed by atoms with Crippen LogP contribution in [0.3, 0.4) is 0 Å². The van der Waals surface area contributed by atoms with Crippen LogP contribution in [0.5, 0.6) is 5.75 Å². The van der Waals surface area contributed by atoms with Crippen LogP contribution in [-0.2, 0) is 24.5 Å². The highest BCUT2D eigenvalue weighted by atomic mass is 31.1. The van der Waals surface area contributed by atoms with Crippen LogP contribution >= 0.6 is 8.58 Å². The van der Waals surface area contributed by atoms with Crippen LogP contribution in [-0.4, -0.2) is 24.1 Å². The van der Waals surface area contributed by atoms with Crippen molar-refractivity contribution in [2.75, 3.05) is 14.1 Å². The van der Waals surface area contributed by atoms with Gasteiger partial charge in [0.15, 0.2) is 0 Å². The average Bonchev–Trinajstić information content (AvgIpc) is 2.96. The molecule has 0 aliphatic heterocycles. The standard InChI is InChI=1S/C37H46NOP/c1-5-7-16-23-37(6-2,40-35-22-15-14-21-32(35)28-38(3)4)34-27-31(24-29-17-10-8-11-18-29)26-33(36(34)39)25-30-19-12-9-13-20-30/h8-15,17-22,26-27,39-40H,5-7,16,23-25,28H2,1-4H3. The fourth-order valence-corrected chi connectivity index (χ4v) is 7.61. The van der Waals surface area contributed by atoms with Crippen LogP contribution in [0.1, 0.15) is 79.3 Å². The number of rotatable bonds is 14. The molecule has 0 fully saturated rings. The molecule has 4 aromatic carbocycles. The summed E-state index contributed by atoms with van der Waals surface area (Å²) in [5.74, 6) is 0.497. The van der Waals surface area contributed by atoms with Crippen molar-refractivity contribution in [1.29, 1.82) is 0 Å². The third kappa shape index (κ3) is 7.84. The van der Waals surface area contributed by atoms with Crippen LogP contribution in [0.4, 0.5) is 0 Å². The number of hydrogen-bond donors (Lipinski definition) is 1. The van der Waals surface area contributed by atoms with E-state index in [0.29, 0.717) is 14.3 Å². The van der Waals surface area contributed by atoms with Crippen molar-refractivity contribution in [3.8, 4) is 5.75 Å². The van der Waals surface area contributed by atoms with E-state index in [1.165, 1.54) is 46.8 Å². The predicted octanol–water partition coefficient (Wildman–Crippen LogP) is 8.83. The van der Waals surface area contributed by atoms with Crippen molar-refractivity contribution < 1.29 is 5.11 Å². The topological polar surface area (TPSA) is 23.5 Å². The summed E-state index contributed by atoms with van der Waals surface area (Å²) >= 11 is 0. The van der Waals surface area contributed by atoms with Crippen LogP contribution in [0, 0.1) is 0 Å². The van der Waals surface area contributed by atoms with Gasteiger partial charge in [-0.1, -0.05) is 139 Å². The molecule has 3 heteroatoms. The van der Waals surface area contributed by atoms with Gasteiger partial charge in [-0.3, -0.25) is 0 Å². The third-order valence-corrected chi connectivity index (χ3v) is 10.0. The monoisotopic (exact) mass is 551 g/mol. The molecule has 0 saturated carbocycles. The molecule has 40 heavy (non-hydrogen) atoms. The highest BCUT2D eigenvalue weighted by Crippen LogP contribution is 2.52. The first-order valence-corrected chi connectivity index (χ1v) is 15.9. The Hall–Kier alpha value is -2.93. The van der Waals surface area contributed by atoms with Crippen molar-refractivity contribution in [3.63, 3.8) is 0 Å². The molecular formula is C37H46NOP. The molecule has 2 atom stereocenters. The summed E-state index contributed by atoms with van der Waals surface area (Å²) in [5, 5.41) is 13.4. The summed E-state index contributed by atoms with van der Waals surface area (Å²) < 4.78 is 0. The van der Waals surface area contributed by atoms with Crippen molar-refractivity contribution in [1.82, 2.24) is 4.90 Å². The SMILES string of the molecule is CCCCCC(CC)(Pc1ccccc1CN(C)C)c1cc(Cc2ccccc2)cc(Cc2ccccc2)c1O. The molecule has 4 aromatic rings. The van der Waals surface area contributed by atoms with Crippen molar-refractivity contribution in [2.45, 2.75) is 70.5 Å². The number of aromatic hydroxyl groups is 1. The van der Waals surface area contributed by atoms with Gasteiger partial charge in [-0.25, -0.2) is 0 Å². The van der Waals surface area contributed by atoms with Gasteiger partial charge < -0.3 is 10.0 Å². The Morgan fingerprint density at radius 2 is 1.32 bits per heavy atom. The Bertz CT molecular complexity index is 1340. The van der Waals surface area contributed by atoms with Gasteiger partial charge in [0.2, 0.25) is 0 Å². The Morgan fingerprint density at radius 3 is 1.95 bits per heavy atom. The molecule has 0 bridgehead atoms. The van der Waals surface area contributed by atoms with Crippen molar-refractivity contribution in [3.05, 3.63) is 130 Å². The van der Waals surface area contributed by atoms with E-state index in [9.17, 15) is 5.11 Å². The lowest BCUT2D eigenvalue weighted by molar-refractivity contribution is 0.403. The van der Waals surface area contributed by atoms with Crippen molar-refractivity contribution in [2.24, 2.45) is 0 Å². The lowest BCUT2D eigenvalue weighted by Crippen LogP contribution is -2.26. The molecule has 0 aromatic heterocycles. The maximum absolute atomic E-state index is 12.1. The minimum absolute atomic E-state index is 0.111. The van der Waals surface area contributed by atoms with Gasteiger partial charge in [0.25, 0.3) is 0 Å². The van der Waals surface area contributed by atoms with E-state index in [0.717, 1.165) is 43.4 Å². The molecule has 210 valence electrons. The highest BCUT2D eigenvalue weighted by molar-refractivity contribution is 7.48. The summed E-state index contributed by atoms with van der Waals surface area (Å²) in [6.07, 6.45) is 7.26. The molecule has 2 unspecified atom stereocenters. The Balaban J connectivity index is 1.85. The number of hydrogen-bond acceptors (Lipinski definition) is 2. The molecule has 0 heterocycles. The maximum Gasteiger partial charge on any atom is 0.123 e. The number of benzene rings is 4. The lowest BCUT2D eigenvalue weighted by atomic mass is 9.85. The first-order chi connectivity index (χ1) is 19.4. The summed E-state index contributed by atoms with van der Waals surface area (Å²) in [5.41, 5.74) is 7.38.